The minimum absolute atomic E-state index is 0.176. The number of phenols is 1. The van der Waals surface area contributed by atoms with Gasteiger partial charge in [-0.2, -0.15) is 0 Å². The molecule has 0 atom stereocenters. The Bertz CT molecular complexity index is 775. The molecule has 3 rings (SSSR count). The topological polar surface area (TPSA) is 37.5 Å². The zero-order chi connectivity index (χ0) is 14.7. The van der Waals surface area contributed by atoms with Gasteiger partial charge in [0.2, 0.25) is 0 Å². The molecule has 0 saturated carbocycles. The van der Waals surface area contributed by atoms with Gasteiger partial charge in [0.1, 0.15) is 11.4 Å². The van der Waals surface area contributed by atoms with E-state index in [2.05, 4.69) is 20.9 Å². The molecule has 0 unspecified atom stereocenters. The first-order valence-corrected chi connectivity index (χ1v) is 7.29. The zero-order valence-electron chi connectivity index (χ0n) is 11.1. The summed E-state index contributed by atoms with van der Waals surface area (Å²) < 4.78 is 3.08. The molecular formula is C17H13BrN2O. The Hall–Kier alpha value is -2.33. The van der Waals surface area contributed by atoms with Crippen LogP contribution in [-0.4, -0.2) is 15.9 Å². The zero-order valence-corrected chi connectivity index (χ0v) is 12.7. The third kappa shape index (κ3) is 3.06. The van der Waals surface area contributed by atoms with Crippen LogP contribution in [0.15, 0.2) is 76.3 Å². The number of para-hydroxylation sites is 2. The predicted molar refractivity (Wildman–Crippen MR) is 88.8 cm³/mol. The lowest BCUT2D eigenvalue weighted by Crippen LogP contribution is -1.97. The molecule has 3 nitrogen and oxygen atoms in total. The Morgan fingerprint density at radius 1 is 0.952 bits per heavy atom. The van der Waals surface area contributed by atoms with E-state index in [0.717, 1.165) is 15.9 Å². The number of hydrogen-bond acceptors (Lipinski definition) is 2. The van der Waals surface area contributed by atoms with Gasteiger partial charge in [-0.1, -0.05) is 28.1 Å². The van der Waals surface area contributed by atoms with Crippen molar-refractivity contribution < 1.29 is 5.11 Å². The van der Waals surface area contributed by atoms with Crippen LogP contribution in [0, 0.1) is 0 Å². The Labute approximate surface area is 131 Å². The van der Waals surface area contributed by atoms with Gasteiger partial charge in [-0.05, 0) is 48.5 Å². The molecule has 1 heterocycles. The van der Waals surface area contributed by atoms with Crippen LogP contribution in [0.5, 0.6) is 5.75 Å². The molecular weight excluding hydrogens is 328 g/mol. The molecule has 0 fully saturated rings. The van der Waals surface area contributed by atoms with Gasteiger partial charge in [0.15, 0.2) is 0 Å². The van der Waals surface area contributed by atoms with Crippen molar-refractivity contribution >= 4 is 27.8 Å². The highest BCUT2D eigenvalue weighted by Gasteiger charge is 2.02. The second kappa shape index (κ2) is 5.97. The molecule has 104 valence electrons. The maximum atomic E-state index is 9.73. The third-order valence-corrected chi connectivity index (χ3v) is 3.63. The standard InChI is InChI=1S/C17H13BrN2O/c18-13-7-9-14(10-8-13)20-11-3-4-15(20)12-19-16-5-1-2-6-17(16)21/h1-12,21H. The van der Waals surface area contributed by atoms with Crippen LogP contribution in [-0.2, 0) is 0 Å². The molecule has 0 amide bonds. The van der Waals surface area contributed by atoms with E-state index in [-0.39, 0.29) is 5.75 Å². The molecule has 1 aromatic heterocycles. The maximum absolute atomic E-state index is 9.73. The summed E-state index contributed by atoms with van der Waals surface area (Å²) in [7, 11) is 0. The van der Waals surface area contributed by atoms with Crippen molar-refractivity contribution in [2.45, 2.75) is 0 Å². The first-order chi connectivity index (χ1) is 10.2. The summed E-state index contributed by atoms with van der Waals surface area (Å²) in [6.07, 6.45) is 3.73. The van der Waals surface area contributed by atoms with Gasteiger partial charge in [-0.25, -0.2) is 0 Å². The molecule has 2 aromatic carbocycles. The number of halogens is 1. The number of nitrogens with zero attached hydrogens (tertiary/aromatic N) is 2. The molecule has 0 aliphatic rings. The van der Waals surface area contributed by atoms with Gasteiger partial charge in [0.05, 0.1) is 11.9 Å². The van der Waals surface area contributed by atoms with Crippen LogP contribution in [0.1, 0.15) is 5.69 Å². The second-order valence-electron chi connectivity index (χ2n) is 4.53. The minimum atomic E-state index is 0.176. The molecule has 1 N–H and O–H groups in total. The molecule has 0 aliphatic heterocycles. The van der Waals surface area contributed by atoms with Crippen LogP contribution in [0.25, 0.3) is 5.69 Å². The highest BCUT2D eigenvalue weighted by Crippen LogP contribution is 2.25. The number of aliphatic imine (C=N–C) groups is 1. The fraction of sp³-hybridized carbons (Fsp3) is 0. The molecule has 0 bridgehead atoms. The summed E-state index contributed by atoms with van der Waals surface area (Å²) in [6.45, 7) is 0. The van der Waals surface area contributed by atoms with Crippen molar-refractivity contribution in [2.75, 3.05) is 0 Å². The van der Waals surface area contributed by atoms with Gasteiger partial charge in [-0.3, -0.25) is 4.99 Å². The number of rotatable bonds is 3. The van der Waals surface area contributed by atoms with Crippen molar-refractivity contribution in [1.82, 2.24) is 4.57 Å². The average molecular weight is 341 g/mol. The lowest BCUT2D eigenvalue weighted by molar-refractivity contribution is 0.477. The third-order valence-electron chi connectivity index (χ3n) is 3.10. The Morgan fingerprint density at radius 3 is 2.48 bits per heavy atom. The normalized spacial score (nSPS) is 11.1. The van der Waals surface area contributed by atoms with E-state index < -0.39 is 0 Å². The van der Waals surface area contributed by atoms with Crippen LogP contribution in [0.4, 0.5) is 5.69 Å². The summed E-state index contributed by atoms with van der Waals surface area (Å²) in [6, 6.07) is 19.0. The lowest BCUT2D eigenvalue weighted by Gasteiger charge is -2.06. The molecule has 0 spiro atoms. The summed E-state index contributed by atoms with van der Waals surface area (Å²) in [5.41, 5.74) is 2.56. The largest absolute Gasteiger partial charge is 0.506 e. The van der Waals surface area contributed by atoms with Crippen LogP contribution in [0.2, 0.25) is 0 Å². The Kier molecular flexibility index (Phi) is 3.88. The van der Waals surface area contributed by atoms with E-state index in [9.17, 15) is 5.11 Å². The smallest absolute Gasteiger partial charge is 0.141 e. The summed E-state index contributed by atoms with van der Waals surface area (Å²) in [5.74, 6) is 0.176. The molecule has 3 aromatic rings. The van der Waals surface area contributed by atoms with Crippen molar-refractivity contribution in [3.05, 3.63) is 77.0 Å². The SMILES string of the molecule is Oc1ccccc1N=Cc1cccn1-c1ccc(Br)cc1. The monoisotopic (exact) mass is 340 g/mol. The van der Waals surface area contributed by atoms with E-state index in [1.54, 1.807) is 24.4 Å². The molecule has 21 heavy (non-hydrogen) atoms. The fourth-order valence-electron chi connectivity index (χ4n) is 2.05. The van der Waals surface area contributed by atoms with E-state index >= 15 is 0 Å². The molecule has 0 aliphatic carbocycles. The quantitative estimate of drug-likeness (QED) is 0.689. The minimum Gasteiger partial charge on any atom is -0.506 e. The Balaban J connectivity index is 1.93. The summed E-state index contributed by atoms with van der Waals surface area (Å²) >= 11 is 3.43. The molecule has 0 saturated heterocycles. The maximum Gasteiger partial charge on any atom is 0.141 e. The number of phenolic OH excluding ortho intramolecular Hbond substituents is 1. The molecule has 4 heteroatoms. The summed E-state index contributed by atoms with van der Waals surface area (Å²) in [4.78, 5) is 4.35. The Morgan fingerprint density at radius 2 is 1.71 bits per heavy atom. The van der Waals surface area contributed by atoms with E-state index in [0.29, 0.717) is 5.69 Å². The first-order valence-electron chi connectivity index (χ1n) is 6.49. The van der Waals surface area contributed by atoms with Gasteiger partial charge < -0.3 is 9.67 Å². The van der Waals surface area contributed by atoms with Crippen LogP contribution >= 0.6 is 15.9 Å². The van der Waals surface area contributed by atoms with Crippen molar-refractivity contribution in [3.8, 4) is 11.4 Å². The van der Waals surface area contributed by atoms with Gasteiger partial charge in [-0.15, -0.1) is 0 Å². The van der Waals surface area contributed by atoms with Gasteiger partial charge in [0.25, 0.3) is 0 Å². The van der Waals surface area contributed by atoms with Gasteiger partial charge >= 0.3 is 0 Å². The number of hydrogen-bond donors (Lipinski definition) is 1. The predicted octanol–water partition coefficient (Wildman–Crippen LogP) is 4.70. The van der Waals surface area contributed by atoms with Crippen molar-refractivity contribution in [1.29, 1.82) is 0 Å². The van der Waals surface area contributed by atoms with Crippen LogP contribution in [0.3, 0.4) is 0 Å². The van der Waals surface area contributed by atoms with Crippen molar-refractivity contribution in [2.24, 2.45) is 4.99 Å². The average Bonchev–Trinajstić information content (AvgIpc) is 2.96. The van der Waals surface area contributed by atoms with E-state index in [4.69, 9.17) is 0 Å². The van der Waals surface area contributed by atoms with Crippen LogP contribution < -0.4 is 0 Å². The number of benzene rings is 2. The first kappa shape index (κ1) is 13.6. The fourth-order valence-corrected chi connectivity index (χ4v) is 2.31. The van der Waals surface area contributed by atoms with E-state index in [1.165, 1.54) is 0 Å². The number of aromatic nitrogens is 1. The lowest BCUT2D eigenvalue weighted by atomic mass is 10.3. The number of aromatic hydroxyl groups is 1. The summed E-state index contributed by atoms with van der Waals surface area (Å²) in [5, 5.41) is 9.73. The van der Waals surface area contributed by atoms with E-state index in [1.807, 2.05) is 53.2 Å². The van der Waals surface area contributed by atoms with Crippen molar-refractivity contribution in [3.63, 3.8) is 0 Å². The highest BCUT2D eigenvalue weighted by molar-refractivity contribution is 9.10. The van der Waals surface area contributed by atoms with Gasteiger partial charge in [0, 0.05) is 16.4 Å². The molecule has 0 radical (unpaired) electrons. The highest BCUT2D eigenvalue weighted by atomic mass is 79.9. The second-order valence-corrected chi connectivity index (χ2v) is 5.44.